The third-order valence-corrected chi connectivity index (χ3v) is 4.63. The van der Waals surface area contributed by atoms with E-state index in [0.29, 0.717) is 28.7 Å². The van der Waals surface area contributed by atoms with Crippen molar-refractivity contribution in [2.24, 2.45) is 4.99 Å². The average Bonchev–Trinajstić information content (AvgIpc) is 2.99. The van der Waals surface area contributed by atoms with Crippen LogP contribution < -0.4 is 9.47 Å². The second kappa shape index (κ2) is 8.80. The number of cyclic esters (lactones) is 1. The molecule has 2 aromatic rings. The minimum absolute atomic E-state index is 0.00713. The van der Waals surface area contributed by atoms with Crippen LogP contribution in [0.3, 0.4) is 0 Å². The molecule has 0 amide bonds. The predicted molar refractivity (Wildman–Crippen MR) is 113 cm³/mol. The Kier molecular flexibility index (Phi) is 6.42. The van der Waals surface area contributed by atoms with Gasteiger partial charge in [0.15, 0.2) is 17.2 Å². The van der Waals surface area contributed by atoms with Gasteiger partial charge >= 0.3 is 5.97 Å². The zero-order valence-corrected chi connectivity index (χ0v) is 18.0. The molecular formula is C21H19BrClNO4. The third kappa shape index (κ3) is 4.56. The van der Waals surface area contributed by atoms with Crippen LogP contribution in [0.4, 0.5) is 0 Å². The minimum atomic E-state index is -0.536. The third-order valence-electron chi connectivity index (χ3n) is 3.71. The Morgan fingerprint density at radius 3 is 2.71 bits per heavy atom. The van der Waals surface area contributed by atoms with Gasteiger partial charge in [-0.2, -0.15) is 0 Å². The van der Waals surface area contributed by atoms with Crippen molar-refractivity contribution in [3.05, 3.63) is 62.7 Å². The molecule has 0 fully saturated rings. The maximum atomic E-state index is 12.3. The first-order valence-corrected chi connectivity index (χ1v) is 9.96. The molecule has 28 heavy (non-hydrogen) atoms. The summed E-state index contributed by atoms with van der Waals surface area (Å²) >= 11 is 9.68. The topological polar surface area (TPSA) is 57.1 Å². The lowest BCUT2D eigenvalue weighted by atomic mass is 10.1. The Morgan fingerprint density at radius 1 is 1.29 bits per heavy atom. The summed E-state index contributed by atoms with van der Waals surface area (Å²) < 4.78 is 17.6. The fraction of sp³-hybridized carbons (Fsp3) is 0.238. The number of rotatable bonds is 6. The van der Waals surface area contributed by atoms with Gasteiger partial charge in [-0.15, -0.1) is 0 Å². The molecule has 0 bridgehead atoms. The summed E-state index contributed by atoms with van der Waals surface area (Å²) in [6, 6.07) is 10.7. The van der Waals surface area contributed by atoms with E-state index in [0.717, 1.165) is 10.0 Å². The minimum Gasteiger partial charge on any atom is -0.490 e. The molecule has 0 spiro atoms. The second-order valence-corrected chi connectivity index (χ2v) is 7.51. The van der Waals surface area contributed by atoms with Gasteiger partial charge in [0.1, 0.15) is 0 Å². The number of benzene rings is 2. The lowest BCUT2D eigenvalue weighted by molar-refractivity contribution is -0.129. The highest BCUT2D eigenvalue weighted by molar-refractivity contribution is 9.10. The van der Waals surface area contributed by atoms with Gasteiger partial charge in [-0.25, -0.2) is 9.79 Å². The van der Waals surface area contributed by atoms with Crippen molar-refractivity contribution in [1.82, 2.24) is 0 Å². The number of hydrogen-bond donors (Lipinski definition) is 0. The Labute approximate surface area is 177 Å². The smallest absolute Gasteiger partial charge is 0.363 e. The van der Waals surface area contributed by atoms with Crippen molar-refractivity contribution >= 4 is 45.5 Å². The number of esters is 1. The zero-order chi connectivity index (χ0) is 20.3. The van der Waals surface area contributed by atoms with Crippen LogP contribution in [0.5, 0.6) is 11.5 Å². The summed E-state index contributed by atoms with van der Waals surface area (Å²) in [7, 11) is 0. The number of carbonyl (C=O) groups is 1. The molecule has 0 aliphatic carbocycles. The maximum Gasteiger partial charge on any atom is 0.363 e. The molecule has 5 nitrogen and oxygen atoms in total. The van der Waals surface area contributed by atoms with Gasteiger partial charge in [0.25, 0.3) is 0 Å². The number of halogens is 2. The summed E-state index contributed by atoms with van der Waals surface area (Å²) in [5, 5.41) is 0.465. The lowest BCUT2D eigenvalue weighted by Crippen LogP contribution is -2.08. The maximum absolute atomic E-state index is 12.3. The van der Waals surface area contributed by atoms with Gasteiger partial charge in [-0.3, -0.25) is 0 Å². The van der Waals surface area contributed by atoms with E-state index in [1.54, 1.807) is 36.4 Å². The molecule has 1 heterocycles. The molecule has 0 atom stereocenters. The summed E-state index contributed by atoms with van der Waals surface area (Å²) in [4.78, 5) is 16.6. The van der Waals surface area contributed by atoms with Crippen LogP contribution in [-0.4, -0.2) is 24.6 Å². The van der Waals surface area contributed by atoms with Gasteiger partial charge in [-0.1, -0.05) is 23.7 Å². The van der Waals surface area contributed by atoms with Gasteiger partial charge in [-0.05, 0) is 72.6 Å². The molecule has 0 radical (unpaired) electrons. The van der Waals surface area contributed by atoms with E-state index >= 15 is 0 Å². The second-order valence-electron chi connectivity index (χ2n) is 6.25. The highest BCUT2D eigenvalue weighted by atomic mass is 79.9. The number of hydrogen-bond acceptors (Lipinski definition) is 5. The highest BCUT2D eigenvalue weighted by Gasteiger charge is 2.25. The summed E-state index contributed by atoms with van der Waals surface area (Å²) in [5.74, 6) is 0.851. The number of carbonyl (C=O) groups excluding carboxylic acids is 1. The molecular weight excluding hydrogens is 446 g/mol. The van der Waals surface area contributed by atoms with Crippen LogP contribution in [0.2, 0.25) is 5.02 Å². The molecule has 0 N–H and O–H groups in total. The number of aliphatic imine (C=N–C) groups is 1. The van der Waals surface area contributed by atoms with Crippen molar-refractivity contribution in [1.29, 1.82) is 0 Å². The van der Waals surface area contributed by atoms with Crippen LogP contribution >= 0.6 is 27.5 Å². The Bertz CT molecular complexity index is 969. The summed E-state index contributed by atoms with van der Waals surface area (Å²) in [5.41, 5.74) is 1.47. The van der Waals surface area contributed by atoms with Crippen LogP contribution in [0.25, 0.3) is 6.08 Å². The first kappa shape index (κ1) is 20.4. The van der Waals surface area contributed by atoms with Crippen LogP contribution in [0.1, 0.15) is 31.9 Å². The van der Waals surface area contributed by atoms with Gasteiger partial charge < -0.3 is 14.2 Å². The van der Waals surface area contributed by atoms with Crippen molar-refractivity contribution < 1.29 is 19.0 Å². The van der Waals surface area contributed by atoms with Gasteiger partial charge in [0, 0.05) is 0 Å². The highest BCUT2D eigenvalue weighted by Crippen LogP contribution is 2.38. The molecule has 0 saturated carbocycles. The SMILES string of the molecule is CCOc1cc(/C=C2\N=C(c3ccccc3Cl)OC2=O)cc(Br)c1OC(C)C. The average molecular weight is 465 g/mol. The Hall–Kier alpha value is -2.31. The molecule has 0 aromatic heterocycles. The molecule has 2 aromatic carbocycles. The molecule has 3 rings (SSSR count). The molecule has 146 valence electrons. The normalized spacial score (nSPS) is 15.0. The monoisotopic (exact) mass is 463 g/mol. The summed E-state index contributed by atoms with van der Waals surface area (Å²) in [6.07, 6.45) is 1.63. The van der Waals surface area contributed by atoms with Crippen molar-refractivity contribution in [2.45, 2.75) is 26.9 Å². The van der Waals surface area contributed by atoms with Crippen molar-refractivity contribution in [3.63, 3.8) is 0 Å². The van der Waals surface area contributed by atoms with Crippen LogP contribution in [-0.2, 0) is 9.53 Å². The van der Waals surface area contributed by atoms with E-state index in [1.165, 1.54) is 0 Å². The molecule has 1 aliphatic rings. The quantitative estimate of drug-likeness (QED) is 0.410. The lowest BCUT2D eigenvalue weighted by Gasteiger charge is -2.16. The Balaban J connectivity index is 1.98. The molecule has 0 unspecified atom stereocenters. The van der Waals surface area contributed by atoms with Crippen LogP contribution in [0, 0.1) is 0 Å². The van der Waals surface area contributed by atoms with Gasteiger partial charge in [0.05, 0.1) is 27.8 Å². The molecule has 7 heteroatoms. The largest absolute Gasteiger partial charge is 0.490 e. The first-order valence-electron chi connectivity index (χ1n) is 8.79. The molecule has 0 saturated heterocycles. The fourth-order valence-electron chi connectivity index (χ4n) is 2.60. The van der Waals surface area contributed by atoms with E-state index in [9.17, 15) is 4.79 Å². The van der Waals surface area contributed by atoms with Crippen molar-refractivity contribution in [3.8, 4) is 11.5 Å². The number of ether oxygens (including phenoxy) is 3. The van der Waals surface area contributed by atoms with Crippen LogP contribution in [0.15, 0.2) is 51.6 Å². The predicted octanol–water partition coefficient (Wildman–Crippen LogP) is 5.63. The van der Waals surface area contributed by atoms with E-state index in [4.69, 9.17) is 25.8 Å². The fourth-order valence-corrected chi connectivity index (χ4v) is 3.37. The Morgan fingerprint density at radius 2 is 2.04 bits per heavy atom. The zero-order valence-electron chi connectivity index (χ0n) is 15.7. The molecule has 1 aliphatic heterocycles. The van der Waals surface area contributed by atoms with E-state index < -0.39 is 5.97 Å². The number of nitrogens with zero attached hydrogens (tertiary/aromatic N) is 1. The summed E-state index contributed by atoms with van der Waals surface area (Å²) in [6.45, 7) is 6.26. The standard InChI is InChI=1S/C21H19BrClNO4/c1-4-26-18-11-13(9-15(22)19(18)27-12(2)3)10-17-21(25)28-20(24-17)14-7-5-6-8-16(14)23/h5-12H,4H2,1-3H3/b17-10-. The van der Waals surface area contributed by atoms with E-state index in [1.807, 2.05) is 26.8 Å². The van der Waals surface area contributed by atoms with Crippen molar-refractivity contribution in [2.75, 3.05) is 6.61 Å². The van der Waals surface area contributed by atoms with E-state index in [2.05, 4.69) is 20.9 Å². The first-order chi connectivity index (χ1) is 13.4. The van der Waals surface area contributed by atoms with Gasteiger partial charge in [0.2, 0.25) is 5.90 Å². The van der Waals surface area contributed by atoms with E-state index in [-0.39, 0.29) is 17.7 Å².